The van der Waals surface area contributed by atoms with E-state index in [1.807, 2.05) is 37.3 Å². The summed E-state index contributed by atoms with van der Waals surface area (Å²) in [6.07, 6.45) is 1.89. The molecule has 1 aliphatic rings. The molecule has 1 aliphatic heterocycles. The van der Waals surface area contributed by atoms with Crippen LogP contribution in [0.1, 0.15) is 31.4 Å². The topological polar surface area (TPSA) is 74.2 Å². The third-order valence-corrected chi connectivity index (χ3v) is 3.42. The minimum Gasteiger partial charge on any atom is -0.479 e. The molecule has 2 rings (SSSR count). The van der Waals surface area contributed by atoms with Crippen molar-refractivity contribution >= 4 is 5.91 Å². The number of hydrogen-bond acceptors (Lipinski definition) is 4. The van der Waals surface area contributed by atoms with Gasteiger partial charge in [0.05, 0.1) is 6.04 Å². The van der Waals surface area contributed by atoms with Crippen LogP contribution in [0.4, 0.5) is 0 Å². The van der Waals surface area contributed by atoms with Gasteiger partial charge in [0.2, 0.25) is 5.91 Å². The molecule has 2 atom stereocenters. The highest BCUT2D eigenvalue weighted by Gasteiger charge is 2.23. The fourth-order valence-corrected chi connectivity index (χ4v) is 2.30. The van der Waals surface area contributed by atoms with E-state index in [2.05, 4.69) is 10.6 Å². The van der Waals surface area contributed by atoms with Crippen molar-refractivity contribution in [3.63, 3.8) is 0 Å². The van der Waals surface area contributed by atoms with E-state index in [1.165, 1.54) is 0 Å². The summed E-state index contributed by atoms with van der Waals surface area (Å²) in [5, 5.41) is 14.7. The Morgan fingerprint density at radius 1 is 1.50 bits per heavy atom. The van der Waals surface area contributed by atoms with Gasteiger partial charge in [-0.3, -0.25) is 10.1 Å². The lowest BCUT2D eigenvalue weighted by Crippen LogP contribution is -2.48. The largest absolute Gasteiger partial charge is 0.479 e. The van der Waals surface area contributed by atoms with Gasteiger partial charge in [-0.1, -0.05) is 12.1 Å². The Morgan fingerprint density at radius 2 is 2.25 bits per heavy atom. The Labute approximate surface area is 118 Å². The maximum Gasteiger partial charge on any atom is 0.237 e. The summed E-state index contributed by atoms with van der Waals surface area (Å²) in [4.78, 5) is 11.7. The van der Waals surface area contributed by atoms with Crippen molar-refractivity contribution in [1.29, 1.82) is 5.26 Å². The molecule has 0 aromatic heterocycles. The van der Waals surface area contributed by atoms with E-state index in [0.717, 1.165) is 24.9 Å². The van der Waals surface area contributed by atoms with E-state index in [9.17, 15) is 4.79 Å². The molecule has 0 spiro atoms. The standard InChI is InChI=1S/C15H19N3O2/c1-11(18-14-3-2-9-17-15(14)19)12-4-6-13(7-5-12)20-10-8-16/h4-7,11,14,18H,2-3,9-10H2,1H3,(H,17,19). The fraction of sp³-hybridized carbons (Fsp3) is 0.467. The number of hydrogen-bond donors (Lipinski definition) is 2. The minimum atomic E-state index is -0.117. The van der Waals surface area contributed by atoms with Crippen LogP contribution in [-0.4, -0.2) is 25.1 Å². The van der Waals surface area contributed by atoms with Gasteiger partial charge in [0.25, 0.3) is 0 Å². The van der Waals surface area contributed by atoms with Crippen LogP contribution in [-0.2, 0) is 4.79 Å². The summed E-state index contributed by atoms with van der Waals surface area (Å²) in [6.45, 7) is 2.86. The molecule has 0 aliphatic carbocycles. The number of nitrogens with one attached hydrogen (secondary N) is 2. The second kappa shape index (κ2) is 6.92. The molecular weight excluding hydrogens is 254 g/mol. The van der Waals surface area contributed by atoms with E-state index in [4.69, 9.17) is 10.00 Å². The van der Waals surface area contributed by atoms with Crippen molar-refractivity contribution in [2.45, 2.75) is 31.8 Å². The smallest absolute Gasteiger partial charge is 0.237 e. The van der Waals surface area contributed by atoms with Crippen molar-refractivity contribution in [1.82, 2.24) is 10.6 Å². The van der Waals surface area contributed by atoms with Crippen LogP contribution in [0.15, 0.2) is 24.3 Å². The van der Waals surface area contributed by atoms with Crippen LogP contribution in [0.25, 0.3) is 0 Å². The lowest BCUT2D eigenvalue weighted by molar-refractivity contribution is -0.124. The van der Waals surface area contributed by atoms with Gasteiger partial charge < -0.3 is 10.1 Å². The quantitative estimate of drug-likeness (QED) is 0.853. The van der Waals surface area contributed by atoms with E-state index >= 15 is 0 Å². The minimum absolute atomic E-state index is 0.0510. The third-order valence-electron chi connectivity index (χ3n) is 3.42. The average Bonchev–Trinajstić information content (AvgIpc) is 2.48. The molecule has 1 saturated heterocycles. The molecule has 2 unspecified atom stereocenters. The number of carbonyl (C=O) groups is 1. The first kappa shape index (κ1) is 14.4. The van der Waals surface area contributed by atoms with Gasteiger partial charge in [0.15, 0.2) is 6.61 Å². The van der Waals surface area contributed by atoms with Gasteiger partial charge in [-0.25, -0.2) is 0 Å². The van der Waals surface area contributed by atoms with Gasteiger partial charge in [0.1, 0.15) is 11.8 Å². The van der Waals surface area contributed by atoms with Crippen LogP contribution in [0.2, 0.25) is 0 Å². The Kier molecular flexibility index (Phi) is 4.97. The SMILES string of the molecule is CC(NC1CCCNC1=O)c1ccc(OCC#N)cc1. The summed E-state index contributed by atoms with van der Waals surface area (Å²) >= 11 is 0. The predicted molar refractivity (Wildman–Crippen MR) is 75.1 cm³/mol. The molecule has 1 heterocycles. The third kappa shape index (κ3) is 3.72. The molecule has 20 heavy (non-hydrogen) atoms. The number of nitrogens with zero attached hydrogens (tertiary/aromatic N) is 1. The van der Waals surface area contributed by atoms with Crippen molar-refractivity contribution in [2.75, 3.05) is 13.2 Å². The summed E-state index contributed by atoms with van der Waals surface area (Å²) in [5.74, 6) is 0.759. The lowest BCUT2D eigenvalue weighted by Gasteiger charge is -2.26. The van der Waals surface area contributed by atoms with Crippen LogP contribution in [0.5, 0.6) is 5.75 Å². The molecule has 1 aromatic rings. The Hall–Kier alpha value is -2.06. The zero-order valence-corrected chi connectivity index (χ0v) is 11.6. The Morgan fingerprint density at radius 3 is 2.90 bits per heavy atom. The number of amides is 1. The zero-order chi connectivity index (χ0) is 14.4. The van der Waals surface area contributed by atoms with Crippen LogP contribution < -0.4 is 15.4 Å². The van der Waals surface area contributed by atoms with Crippen molar-refractivity contribution in [3.05, 3.63) is 29.8 Å². The second-order valence-electron chi connectivity index (χ2n) is 4.89. The Balaban J connectivity index is 1.93. The fourth-order valence-electron chi connectivity index (χ4n) is 2.30. The van der Waals surface area contributed by atoms with E-state index in [0.29, 0.717) is 5.75 Å². The first-order valence-corrected chi connectivity index (χ1v) is 6.84. The highest BCUT2D eigenvalue weighted by Crippen LogP contribution is 2.19. The highest BCUT2D eigenvalue weighted by molar-refractivity contribution is 5.82. The van der Waals surface area contributed by atoms with E-state index < -0.39 is 0 Å². The molecular formula is C15H19N3O2. The van der Waals surface area contributed by atoms with Gasteiger partial charge >= 0.3 is 0 Å². The van der Waals surface area contributed by atoms with Crippen molar-refractivity contribution < 1.29 is 9.53 Å². The maximum atomic E-state index is 11.7. The molecule has 0 saturated carbocycles. The summed E-state index contributed by atoms with van der Waals surface area (Å²) in [5.41, 5.74) is 1.09. The first-order valence-electron chi connectivity index (χ1n) is 6.84. The first-order chi connectivity index (χ1) is 9.70. The van der Waals surface area contributed by atoms with Crippen LogP contribution in [0, 0.1) is 11.3 Å². The number of ether oxygens (including phenoxy) is 1. The molecule has 5 nitrogen and oxygen atoms in total. The number of rotatable bonds is 5. The molecule has 106 valence electrons. The molecule has 1 fully saturated rings. The molecule has 0 radical (unpaired) electrons. The monoisotopic (exact) mass is 273 g/mol. The van der Waals surface area contributed by atoms with Gasteiger partial charge in [0, 0.05) is 12.6 Å². The van der Waals surface area contributed by atoms with E-state index in [-0.39, 0.29) is 24.6 Å². The molecule has 2 N–H and O–H groups in total. The summed E-state index contributed by atoms with van der Waals surface area (Å²) < 4.78 is 5.21. The Bertz CT molecular complexity index is 493. The molecule has 1 amide bonds. The van der Waals surface area contributed by atoms with E-state index in [1.54, 1.807) is 0 Å². The van der Waals surface area contributed by atoms with Gasteiger partial charge in [-0.15, -0.1) is 0 Å². The average molecular weight is 273 g/mol. The zero-order valence-electron chi connectivity index (χ0n) is 11.6. The predicted octanol–water partition coefficient (Wildman–Crippen LogP) is 1.52. The number of benzene rings is 1. The van der Waals surface area contributed by atoms with Gasteiger partial charge in [-0.05, 0) is 37.5 Å². The summed E-state index contributed by atoms with van der Waals surface area (Å²) in [7, 11) is 0. The number of nitriles is 1. The second-order valence-corrected chi connectivity index (χ2v) is 4.89. The lowest BCUT2D eigenvalue weighted by atomic mass is 10.0. The maximum absolute atomic E-state index is 11.7. The number of piperidine rings is 1. The highest BCUT2D eigenvalue weighted by atomic mass is 16.5. The molecule has 5 heteroatoms. The normalized spacial score (nSPS) is 19.8. The van der Waals surface area contributed by atoms with Gasteiger partial charge in [-0.2, -0.15) is 5.26 Å². The summed E-state index contributed by atoms with van der Waals surface area (Å²) in [6, 6.07) is 9.48. The molecule has 0 bridgehead atoms. The van der Waals surface area contributed by atoms with Crippen LogP contribution >= 0.6 is 0 Å². The van der Waals surface area contributed by atoms with Crippen molar-refractivity contribution in [2.24, 2.45) is 0 Å². The molecule has 1 aromatic carbocycles. The van der Waals surface area contributed by atoms with Crippen LogP contribution in [0.3, 0.4) is 0 Å². The van der Waals surface area contributed by atoms with Crippen molar-refractivity contribution in [3.8, 4) is 11.8 Å². The number of carbonyl (C=O) groups excluding carboxylic acids is 1.